The van der Waals surface area contributed by atoms with Crippen LogP contribution < -0.4 is 10.5 Å². The zero-order valence-electron chi connectivity index (χ0n) is 16.8. The second-order valence-corrected chi connectivity index (χ2v) is 7.82. The van der Waals surface area contributed by atoms with Crippen LogP contribution in [0.25, 0.3) is 0 Å². The van der Waals surface area contributed by atoms with Crippen molar-refractivity contribution in [3.63, 3.8) is 0 Å². The predicted molar refractivity (Wildman–Crippen MR) is 119 cm³/mol. The van der Waals surface area contributed by atoms with E-state index in [1.54, 1.807) is 0 Å². The predicted octanol–water partition coefficient (Wildman–Crippen LogP) is 4.10. The van der Waals surface area contributed by atoms with Crippen molar-refractivity contribution in [2.24, 2.45) is 0 Å². The Balaban J connectivity index is 0.00000240. The summed E-state index contributed by atoms with van der Waals surface area (Å²) in [6.45, 7) is 5.54. The molecule has 1 fully saturated rings. The number of halogens is 1. The molecule has 0 saturated carbocycles. The number of nitrogens with two attached hydrogens (primary N) is 1. The molecule has 0 radical (unpaired) electrons. The number of fused-ring (bicyclic) bond motifs is 1. The maximum atomic E-state index is 12.8. The molecule has 0 spiro atoms. The van der Waals surface area contributed by atoms with E-state index >= 15 is 0 Å². The van der Waals surface area contributed by atoms with Crippen molar-refractivity contribution in [2.45, 2.75) is 38.8 Å². The molecular formula is C23H30ClN3O2. The minimum absolute atomic E-state index is 0. The zero-order chi connectivity index (χ0) is 19.3. The van der Waals surface area contributed by atoms with E-state index in [0.717, 1.165) is 30.0 Å². The minimum Gasteiger partial charge on any atom is -0.494 e. The molecule has 0 aliphatic carbocycles. The molecule has 5 nitrogen and oxygen atoms in total. The maximum Gasteiger partial charge on any atom is 0.254 e. The Hall–Kier alpha value is -2.24. The van der Waals surface area contributed by atoms with E-state index in [4.69, 9.17) is 10.5 Å². The quantitative estimate of drug-likeness (QED) is 0.570. The summed E-state index contributed by atoms with van der Waals surface area (Å²) in [5.74, 6) is 0.874. The third-order valence-electron chi connectivity index (χ3n) is 5.68. The largest absolute Gasteiger partial charge is 0.494 e. The lowest BCUT2D eigenvalue weighted by molar-refractivity contribution is 0.0751. The van der Waals surface area contributed by atoms with E-state index in [2.05, 4.69) is 4.90 Å². The van der Waals surface area contributed by atoms with Gasteiger partial charge in [-0.3, -0.25) is 4.79 Å². The van der Waals surface area contributed by atoms with Crippen molar-refractivity contribution < 1.29 is 9.53 Å². The van der Waals surface area contributed by atoms with Gasteiger partial charge in [0.05, 0.1) is 6.61 Å². The summed E-state index contributed by atoms with van der Waals surface area (Å²) < 4.78 is 5.86. The fourth-order valence-corrected chi connectivity index (χ4v) is 4.10. The number of carbonyl (C=O) groups is 1. The van der Waals surface area contributed by atoms with E-state index in [1.165, 1.54) is 37.9 Å². The van der Waals surface area contributed by atoms with Gasteiger partial charge < -0.3 is 20.3 Å². The SMILES string of the molecule is Cl.Nc1ccc2c(c1)CN(C(=O)c1ccc(OCCCN3CCCCC3)cc1)C2. The Morgan fingerprint density at radius 1 is 0.966 bits per heavy atom. The number of carbonyl (C=O) groups excluding carboxylic acids is 1. The molecule has 2 aromatic rings. The topological polar surface area (TPSA) is 58.8 Å². The van der Waals surface area contributed by atoms with Gasteiger partial charge in [-0.25, -0.2) is 0 Å². The van der Waals surface area contributed by atoms with E-state index in [1.807, 2.05) is 47.4 Å². The van der Waals surface area contributed by atoms with E-state index < -0.39 is 0 Å². The summed E-state index contributed by atoms with van der Waals surface area (Å²) in [7, 11) is 0. The molecule has 1 saturated heterocycles. The van der Waals surface area contributed by atoms with Gasteiger partial charge in [-0.15, -0.1) is 12.4 Å². The highest BCUT2D eigenvalue weighted by atomic mass is 35.5. The number of nitrogens with zero attached hydrogens (tertiary/aromatic N) is 2. The molecule has 2 aliphatic heterocycles. The first kappa shape index (κ1) is 21.5. The molecule has 6 heteroatoms. The lowest BCUT2D eigenvalue weighted by Crippen LogP contribution is -2.31. The lowest BCUT2D eigenvalue weighted by Gasteiger charge is -2.26. The highest BCUT2D eigenvalue weighted by molar-refractivity contribution is 5.94. The molecule has 2 aliphatic rings. The average molecular weight is 416 g/mol. The fraction of sp³-hybridized carbons (Fsp3) is 0.435. The van der Waals surface area contributed by atoms with Crippen LogP contribution in [0.5, 0.6) is 5.75 Å². The summed E-state index contributed by atoms with van der Waals surface area (Å²) in [6.07, 6.45) is 5.06. The number of nitrogen functional groups attached to an aromatic ring is 1. The summed E-state index contributed by atoms with van der Waals surface area (Å²) in [6, 6.07) is 13.4. The first-order valence-electron chi connectivity index (χ1n) is 10.3. The van der Waals surface area contributed by atoms with Crippen molar-refractivity contribution in [3.8, 4) is 5.75 Å². The van der Waals surface area contributed by atoms with Crippen LogP contribution in [0, 0.1) is 0 Å². The van der Waals surface area contributed by atoms with Gasteiger partial charge >= 0.3 is 0 Å². The summed E-state index contributed by atoms with van der Waals surface area (Å²) >= 11 is 0. The zero-order valence-corrected chi connectivity index (χ0v) is 17.6. The van der Waals surface area contributed by atoms with Gasteiger partial charge in [0.2, 0.25) is 0 Å². The molecule has 2 N–H and O–H groups in total. The van der Waals surface area contributed by atoms with Gasteiger partial charge in [-0.05, 0) is 79.9 Å². The third kappa shape index (κ3) is 5.43. The number of ether oxygens (including phenoxy) is 1. The molecule has 0 aromatic heterocycles. The van der Waals surface area contributed by atoms with Gasteiger partial charge in [-0.1, -0.05) is 12.5 Å². The molecule has 1 amide bonds. The normalized spacial score (nSPS) is 16.2. The van der Waals surface area contributed by atoms with E-state index in [0.29, 0.717) is 25.3 Å². The molecular weight excluding hydrogens is 386 g/mol. The first-order chi connectivity index (χ1) is 13.7. The van der Waals surface area contributed by atoms with Crippen LogP contribution in [-0.4, -0.2) is 41.9 Å². The molecule has 2 aromatic carbocycles. The van der Waals surface area contributed by atoms with Gasteiger partial charge in [0, 0.05) is 30.9 Å². The van der Waals surface area contributed by atoms with Crippen LogP contribution in [0.15, 0.2) is 42.5 Å². The molecule has 0 bridgehead atoms. The Morgan fingerprint density at radius 3 is 2.45 bits per heavy atom. The Labute approximate surface area is 179 Å². The summed E-state index contributed by atoms with van der Waals surface area (Å²) in [5, 5.41) is 0. The fourth-order valence-electron chi connectivity index (χ4n) is 4.10. The van der Waals surface area contributed by atoms with Crippen LogP contribution in [0.4, 0.5) is 5.69 Å². The van der Waals surface area contributed by atoms with Gasteiger partial charge in [0.15, 0.2) is 0 Å². The Bertz CT molecular complexity index is 819. The lowest BCUT2D eigenvalue weighted by atomic mass is 10.1. The van der Waals surface area contributed by atoms with Crippen LogP contribution in [0.2, 0.25) is 0 Å². The third-order valence-corrected chi connectivity index (χ3v) is 5.68. The van der Waals surface area contributed by atoms with Crippen LogP contribution in [0.3, 0.4) is 0 Å². The number of hydrogen-bond donors (Lipinski definition) is 1. The van der Waals surface area contributed by atoms with Crippen molar-refractivity contribution in [1.29, 1.82) is 0 Å². The Kier molecular flexibility index (Phi) is 7.40. The molecule has 156 valence electrons. The van der Waals surface area contributed by atoms with Crippen LogP contribution in [-0.2, 0) is 13.1 Å². The van der Waals surface area contributed by atoms with Crippen molar-refractivity contribution in [2.75, 3.05) is 32.0 Å². The molecule has 29 heavy (non-hydrogen) atoms. The molecule has 0 atom stereocenters. The number of amides is 1. The standard InChI is InChI=1S/C23H29N3O2.ClH/c24-21-8-5-19-16-26(17-20(19)15-21)23(27)18-6-9-22(10-7-18)28-14-4-13-25-11-2-1-3-12-25;/h5-10,15H,1-4,11-14,16-17,24H2;1H. The van der Waals surface area contributed by atoms with Gasteiger partial charge in [0.25, 0.3) is 5.91 Å². The molecule has 0 unspecified atom stereocenters. The second kappa shape index (κ2) is 9.99. The van der Waals surface area contributed by atoms with Crippen molar-refractivity contribution in [3.05, 3.63) is 59.2 Å². The number of likely N-dealkylation sites (tertiary alicyclic amines) is 1. The number of benzene rings is 2. The number of anilines is 1. The first-order valence-corrected chi connectivity index (χ1v) is 10.3. The van der Waals surface area contributed by atoms with Crippen LogP contribution in [0.1, 0.15) is 47.2 Å². The van der Waals surface area contributed by atoms with E-state index in [9.17, 15) is 4.79 Å². The maximum absolute atomic E-state index is 12.8. The van der Waals surface area contributed by atoms with Crippen molar-refractivity contribution in [1.82, 2.24) is 9.80 Å². The Morgan fingerprint density at radius 2 is 1.69 bits per heavy atom. The molecule has 4 rings (SSSR count). The average Bonchev–Trinajstić information content (AvgIpc) is 3.15. The van der Waals surface area contributed by atoms with Crippen LogP contribution >= 0.6 is 12.4 Å². The minimum atomic E-state index is 0. The van der Waals surface area contributed by atoms with E-state index in [-0.39, 0.29) is 18.3 Å². The number of rotatable bonds is 6. The highest BCUT2D eigenvalue weighted by Gasteiger charge is 2.24. The molecule has 2 heterocycles. The summed E-state index contributed by atoms with van der Waals surface area (Å²) in [5.41, 5.74) is 9.61. The second-order valence-electron chi connectivity index (χ2n) is 7.82. The monoisotopic (exact) mass is 415 g/mol. The number of hydrogen-bond acceptors (Lipinski definition) is 4. The van der Waals surface area contributed by atoms with Gasteiger partial charge in [-0.2, -0.15) is 0 Å². The summed E-state index contributed by atoms with van der Waals surface area (Å²) in [4.78, 5) is 17.2. The van der Waals surface area contributed by atoms with Crippen molar-refractivity contribution >= 4 is 24.0 Å². The smallest absolute Gasteiger partial charge is 0.254 e. The van der Waals surface area contributed by atoms with Gasteiger partial charge in [0.1, 0.15) is 5.75 Å². The highest BCUT2D eigenvalue weighted by Crippen LogP contribution is 2.26. The number of piperidine rings is 1.